The minimum atomic E-state index is -0.142. The lowest BCUT2D eigenvalue weighted by Gasteiger charge is -2.25. The van der Waals surface area contributed by atoms with Gasteiger partial charge < -0.3 is 10.1 Å². The lowest BCUT2D eigenvalue weighted by molar-refractivity contribution is -0.142. The maximum atomic E-state index is 10.9. The molecule has 0 amide bonds. The topological polar surface area (TPSA) is 38.3 Å². The molecule has 0 heterocycles. The summed E-state index contributed by atoms with van der Waals surface area (Å²) in [6, 6.07) is 0. The third-order valence-electron chi connectivity index (χ3n) is 2.53. The lowest BCUT2D eigenvalue weighted by Crippen LogP contribution is -2.27. The van der Waals surface area contributed by atoms with Gasteiger partial charge in [0.1, 0.15) is 0 Å². The van der Waals surface area contributed by atoms with E-state index in [0.29, 0.717) is 13.2 Å². The normalized spacial score (nSPS) is 16.7. The van der Waals surface area contributed by atoms with Crippen LogP contribution >= 0.6 is 0 Å². The zero-order chi connectivity index (χ0) is 9.52. The van der Waals surface area contributed by atoms with E-state index in [1.165, 1.54) is 25.7 Å². The molecule has 0 aromatic carbocycles. The second-order valence-corrected chi connectivity index (χ2v) is 3.57. The molecular formula is C10H19NO2. The molecule has 0 saturated heterocycles. The Morgan fingerprint density at radius 3 is 2.85 bits per heavy atom. The van der Waals surface area contributed by atoms with Crippen LogP contribution in [0.4, 0.5) is 0 Å². The smallest absolute Gasteiger partial charge is 0.319 e. The minimum Gasteiger partial charge on any atom is -0.465 e. The molecule has 0 atom stereocenters. The number of carbonyl (C=O) groups excluding carboxylic acids is 1. The highest BCUT2D eigenvalue weighted by Gasteiger charge is 2.16. The van der Waals surface area contributed by atoms with Gasteiger partial charge in [-0.2, -0.15) is 0 Å². The summed E-state index contributed by atoms with van der Waals surface area (Å²) in [7, 11) is 0. The first-order valence-corrected chi connectivity index (χ1v) is 5.19. The second-order valence-electron chi connectivity index (χ2n) is 3.57. The van der Waals surface area contributed by atoms with Crippen LogP contribution in [-0.4, -0.2) is 25.7 Å². The van der Waals surface area contributed by atoms with Crippen molar-refractivity contribution >= 4 is 5.97 Å². The average molecular weight is 185 g/mol. The molecule has 0 aromatic heterocycles. The summed E-state index contributed by atoms with van der Waals surface area (Å²) in [5.41, 5.74) is 0. The number of nitrogens with one attached hydrogen (secondary N) is 1. The van der Waals surface area contributed by atoms with Gasteiger partial charge in [0.05, 0.1) is 13.2 Å². The van der Waals surface area contributed by atoms with Gasteiger partial charge in [-0.05, 0) is 25.8 Å². The first-order chi connectivity index (χ1) is 6.33. The number of rotatable bonds is 6. The summed E-state index contributed by atoms with van der Waals surface area (Å²) in [4.78, 5) is 10.9. The molecule has 1 N–H and O–H groups in total. The zero-order valence-electron chi connectivity index (χ0n) is 8.34. The van der Waals surface area contributed by atoms with E-state index in [0.717, 1.165) is 12.5 Å². The van der Waals surface area contributed by atoms with E-state index in [1.807, 2.05) is 6.92 Å². The summed E-state index contributed by atoms with van der Waals surface area (Å²) < 4.78 is 4.79. The van der Waals surface area contributed by atoms with Gasteiger partial charge in [0.15, 0.2) is 0 Å². The van der Waals surface area contributed by atoms with E-state index >= 15 is 0 Å². The molecule has 0 aliphatic heterocycles. The van der Waals surface area contributed by atoms with Gasteiger partial charge in [0, 0.05) is 0 Å². The van der Waals surface area contributed by atoms with Crippen LogP contribution in [0.2, 0.25) is 0 Å². The molecule has 0 spiro atoms. The van der Waals surface area contributed by atoms with Gasteiger partial charge in [-0.15, -0.1) is 0 Å². The summed E-state index contributed by atoms with van der Waals surface area (Å²) in [6.07, 6.45) is 5.35. The maximum Gasteiger partial charge on any atom is 0.319 e. The van der Waals surface area contributed by atoms with Crippen molar-refractivity contribution in [3.8, 4) is 0 Å². The van der Waals surface area contributed by atoms with Crippen molar-refractivity contribution in [2.75, 3.05) is 19.7 Å². The van der Waals surface area contributed by atoms with Crippen molar-refractivity contribution in [1.82, 2.24) is 5.32 Å². The Morgan fingerprint density at radius 2 is 2.31 bits per heavy atom. The second kappa shape index (κ2) is 5.97. The van der Waals surface area contributed by atoms with Crippen LogP contribution in [0.25, 0.3) is 0 Å². The summed E-state index contributed by atoms with van der Waals surface area (Å²) >= 11 is 0. The maximum absolute atomic E-state index is 10.9. The number of carbonyl (C=O) groups is 1. The highest BCUT2D eigenvalue weighted by atomic mass is 16.5. The quantitative estimate of drug-likeness (QED) is 0.501. The SMILES string of the molecule is CCOC(=O)CNCCC1CCC1. The highest BCUT2D eigenvalue weighted by molar-refractivity contribution is 5.71. The zero-order valence-corrected chi connectivity index (χ0v) is 8.34. The Morgan fingerprint density at radius 1 is 1.54 bits per heavy atom. The number of hydrogen-bond donors (Lipinski definition) is 1. The summed E-state index contributed by atoms with van der Waals surface area (Å²) in [5, 5.41) is 3.09. The Kier molecular flexibility index (Phi) is 4.83. The minimum absolute atomic E-state index is 0.142. The fourth-order valence-electron chi connectivity index (χ4n) is 1.49. The summed E-state index contributed by atoms with van der Waals surface area (Å²) in [6.45, 7) is 3.61. The van der Waals surface area contributed by atoms with Gasteiger partial charge in [-0.25, -0.2) is 0 Å². The molecule has 0 radical (unpaired) electrons. The average Bonchev–Trinajstić information content (AvgIpc) is 2.01. The molecule has 1 fully saturated rings. The molecule has 76 valence electrons. The predicted molar refractivity (Wildman–Crippen MR) is 51.5 cm³/mol. The molecule has 3 heteroatoms. The molecule has 0 bridgehead atoms. The standard InChI is InChI=1S/C10H19NO2/c1-2-13-10(12)8-11-7-6-9-4-3-5-9/h9,11H,2-8H2,1H3. The van der Waals surface area contributed by atoms with Gasteiger partial charge in [-0.1, -0.05) is 19.3 Å². The van der Waals surface area contributed by atoms with E-state index in [2.05, 4.69) is 5.32 Å². The molecule has 0 aromatic rings. The largest absolute Gasteiger partial charge is 0.465 e. The van der Waals surface area contributed by atoms with Crippen molar-refractivity contribution < 1.29 is 9.53 Å². The van der Waals surface area contributed by atoms with Crippen LogP contribution in [0.5, 0.6) is 0 Å². The molecular weight excluding hydrogens is 166 g/mol. The van der Waals surface area contributed by atoms with E-state index < -0.39 is 0 Å². The molecule has 1 aliphatic carbocycles. The van der Waals surface area contributed by atoms with Crippen LogP contribution in [0, 0.1) is 5.92 Å². The monoisotopic (exact) mass is 185 g/mol. The fraction of sp³-hybridized carbons (Fsp3) is 0.900. The Hall–Kier alpha value is -0.570. The van der Waals surface area contributed by atoms with E-state index in [4.69, 9.17) is 4.74 Å². The Bertz CT molecular complexity index is 155. The van der Waals surface area contributed by atoms with Crippen molar-refractivity contribution in [2.45, 2.75) is 32.6 Å². The van der Waals surface area contributed by atoms with Crippen LogP contribution in [-0.2, 0) is 9.53 Å². The molecule has 1 rings (SSSR count). The molecule has 3 nitrogen and oxygen atoms in total. The highest BCUT2D eigenvalue weighted by Crippen LogP contribution is 2.28. The molecule has 13 heavy (non-hydrogen) atoms. The predicted octanol–water partition coefficient (Wildman–Crippen LogP) is 1.33. The van der Waals surface area contributed by atoms with Crippen molar-refractivity contribution in [1.29, 1.82) is 0 Å². The van der Waals surface area contributed by atoms with Crippen LogP contribution < -0.4 is 5.32 Å². The lowest BCUT2D eigenvalue weighted by atomic mass is 9.83. The van der Waals surface area contributed by atoms with Crippen molar-refractivity contribution in [2.24, 2.45) is 5.92 Å². The van der Waals surface area contributed by atoms with Crippen molar-refractivity contribution in [3.05, 3.63) is 0 Å². The van der Waals surface area contributed by atoms with E-state index in [-0.39, 0.29) is 5.97 Å². The van der Waals surface area contributed by atoms with Crippen LogP contribution in [0.15, 0.2) is 0 Å². The molecule has 0 unspecified atom stereocenters. The van der Waals surface area contributed by atoms with Gasteiger partial charge >= 0.3 is 5.97 Å². The van der Waals surface area contributed by atoms with E-state index in [9.17, 15) is 4.79 Å². The van der Waals surface area contributed by atoms with Gasteiger partial charge in [-0.3, -0.25) is 4.79 Å². The van der Waals surface area contributed by atoms with E-state index in [1.54, 1.807) is 0 Å². The summed E-state index contributed by atoms with van der Waals surface area (Å²) in [5.74, 6) is 0.769. The van der Waals surface area contributed by atoms with Gasteiger partial charge in [0.25, 0.3) is 0 Å². The third-order valence-corrected chi connectivity index (χ3v) is 2.53. The Labute approximate surface area is 79.8 Å². The number of esters is 1. The van der Waals surface area contributed by atoms with Gasteiger partial charge in [0.2, 0.25) is 0 Å². The Balaban J connectivity index is 1.85. The molecule has 1 saturated carbocycles. The fourth-order valence-corrected chi connectivity index (χ4v) is 1.49. The van der Waals surface area contributed by atoms with Crippen LogP contribution in [0.1, 0.15) is 32.6 Å². The number of hydrogen-bond acceptors (Lipinski definition) is 3. The number of ether oxygens (including phenoxy) is 1. The third kappa shape index (κ3) is 4.27. The first kappa shape index (κ1) is 10.5. The first-order valence-electron chi connectivity index (χ1n) is 5.19. The van der Waals surface area contributed by atoms with Crippen molar-refractivity contribution in [3.63, 3.8) is 0 Å². The van der Waals surface area contributed by atoms with Crippen LogP contribution in [0.3, 0.4) is 0 Å². The molecule has 1 aliphatic rings.